The van der Waals surface area contributed by atoms with Crippen molar-refractivity contribution >= 4 is 18.1 Å². The number of carboxylic acids is 1. The van der Waals surface area contributed by atoms with E-state index in [2.05, 4.69) is 9.97 Å². The molecular weight excluding hydrogens is 404 g/mol. The first-order valence-corrected chi connectivity index (χ1v) is 9.86. The van der Waals surface area contributed by atoms with Crippen LogP contribution < -0.4 is 9.64 Å². The number of hydrogen-bond acceptors (Lipinski definition) is 9. The fraction of sp³-hybridized carbons (Fsp3) is 0.429. The topological polar surface area (TPSA) is 114 Å². The van der Waals surface area contributed by atoms with E-state index in [4.69, 9.17) is 14.3 Å². The number of ether oxygens (including phenoxy) is 2. The molecule has 0 unspecified atom stereocenters. The van der Waals surface area contributed by atoms with Crippen LogP contribution in [-0.2, 0) is 9.57 Å². The SMILES string of the molecule is Cc1ccc(C(=O)O)cc1Oc1ccnc(N2CCN(OC(=O)OC(C)(C)C)CC2)n1. The Balaban J connectivity index is 1.61. The molecule has 0 amide bonds. The maximum absolute atomic E-state index is 11.8. The third-order valence-electron chi connectivity index (χ3n) is 4.38. The van der Waals surface area contributed by atoms with Crippen LogP contribution in [-0.4, -0.2) is 64.0 Å². The smallest absolute Gasteiger partial charge is 0.478 e. The minimum atomic E-state index is -1.03. The van der Waals surface area contributed by atoms with Gasteiger partial charge in [0.05, 0.1) is 18.7 Å². The fourth-order valence-electron chi connectivity index (χ4n) is 2.85. The molecule has 1 aliphatic rings. The number of carbonyl (C=O) groups excluding carboxylic acids is 1. The molecule has 10 nitrogen and oxygen atoms in total. The van der Waals surface area contributed by atoms with E-state index < -0.39 is 17.7 Å². The Bertz CT molecular complexity index is 951. The summed E-state index contributed by atoms with van der Waals surface area (Å²) in [4.78, 5) is 38.9. The predicted octanol–water partition coefficient (Wildman–Crippen LogP) is 3.26. The highest BCUT2D eigenvalue weighted by molar-refractivity contribution is 5.88. The molecule has 0 bridgehead atoms. The summed E-state index contributed by atoms with van der Waals surface area (Å²) in [6.45, 7) is 9.17. The fourth-order valence-corrected chi connectivity index (χ4v) is 2.85. The van der Waals surface area contributed by atoms with Crippen molar-refractivity contribution in [3.8, 4) is 11.6 Å². The lowest BCUT2D eigenvalue weighted by molar-refractivity contribution is -0.144. The molecule has 3 rings (SSSR count). The van der Waals surface area contributed by atoms with Gasteiger partial charge in [0, 0.05) is 25.4 Å². The molecule has 2 aromatic rings. The Morgan fingerprint density at radius 1 is 1.10 bits per heavy atom. The summed E-state index contributed by atoms with van der Waals surface area (Å²) in [5.74, 6) is 0.171. The first-order chi connectivity index (χ1) is 14.6. The van der Waals surface area contributed by atoms with E-state index in [-0.39, 0.29) is 5.56 Å². The van der Waals surface area contributed by atoms with Crippen LogP contribution >= 0.6 is 0 Å². The first-order valence-electron chi connectivity index (χ1n) is 9.86. The van der Waals surface area contributed by atoms with Crippen molar-refractivity contribution in [2.45, 2.75) is 33.3 Å². The van der Waals surface area contributed by atoms with Crippen LogP contribution in [0, 0.1) is 6.92 Å². The molecule has 1 aromatic carbocycles. The zero-order valence-electron chi connectivity index (χ0n) is 18.0. The minimum absolute atomic E-state index is 0.135. The maximum atomic E-state index is 11.8. The second kappa shape index (κ2) is 9.17. The Morgan fingerprint density at radius 3 is 2.45 bits per heavy atom. The summed E-state index contributed by atoms with van der Waals surface area (Å²) in [7, 11) is 0. The van der Waals surface area contributed by atoms with Crippen molar-refractivity contribution in [1.82, 2.24) is 15.0 Å². The van der Waals surface area contributed by atoms with E-state index in [0.717, 1.165) is 5.56 Å². The number of benzene rings is 1. The summed E-state index contributed by atoms with van der Waals surface area (Å²) in [6, 6.07) is 6.28. The molecule has 10 heteroatoms. The lowest BCUT2D eigenvalue weighted by Crippen LogP contribution is -2.48. The summed E-state index contributed by atoms with van der Waals surface area (Å²) in [6.07, 6.45) is 0.851. The molecule has 1 N–H and O–H groups in total. The Morgan fingerprint density at radius 2 is 1.81 bits per heavy atom. The van der Waals surface area contributed by atoms with Crippen LogP contribution in [0.1, 0.15) is 36.7 Å². The van der Waals surface area contributed by atoms with E-state index in [9.17, 15) is 14.7 Å². The monoisotopic (exact) mass is 430 g/mol. The van der Waals surface area contributed by atoms with Gasteiger partial charge in [0.25, 0.3) is 0 Å². The van der Waals surface area contributed by atoms with Crippen LogP contribution in [0.4, 0.5) is 10.7 Å². The Kier molecular flexibility index (Phi) is 6.59. The van der Waals surface area contributed by atoms with Gasteiger partial charge >= 0.3 is 12.1 Å². The molecular formula is C21H26N4O6. The molecule has 0 atom stereocenters. The number of aromatic carboxylic acids is 1. The molecule has 1 aliphatic heterocycles. The average molecular weight is 430 g/mol. The number of rotatable bonds is 5. The average Bonchev–Trinajstić information content (AvgIpc) is 2.69. The zero-order valence-corrected chi connectivity index (χ0v) is 18.0. The number of carboxylic acid groups (broad SMARTS) is 1. The van der Waals surface area contributed by atoms with Gasteiger partial charge in [0.15, 0.2) is 0 Å². The molecule has 1 fully saturated rings. The van der Waals surface area contributed by atoms with Crippen molar-refractivity contribution in [3.05, 3.63) is 41.6 Å². The Hall–Kier alpha value is -3.40. The second-order valence-corrected chi connectivity index (χ2v) is 8.05. The van der Waals surface area contributed by atoms with E-state index >= 15 is 0 Å². The lowest BCUT2D eigenvalue weighted by Gasteiger charge is -2.33. The number of carbonyl (C=O) groups is 2. The number of aryl methyl sites for hydroxylation is 1. The Labute approximate surface area is 180 Å². The summed E-state index contributed by atoms with van der Waals surface area (Å²) in [5, 5.41) is 10.7. The molecule has 31 heavy (non-hydrogen) atoms. The van der Waals surface area contributed by atoms with Gasteiger partial charge in [-0.1, -0.05) is 6.07 Å². The van der Waals surface area contributed by atoms with Crippen molar-refractivity contribution in [3.63, 3.8) is 0 Å². The summed E-state index contributed by atoms with van der Waals surface area (Å²) in [5.41, 5.74) is 0.309. The number of anilines is 1. The normalized spacial score (nSPS) is 14.8. The third kappa shape index (κ3) is 6.29. The highest BCUT2D eigenvalue weighted by Crippen LogP contribution is 2.26. The summed E-state index contributed by atoms with van der Waals surface area (Å²) >= 11 is 0. The van der Waals surface area contributed by atoms with E-state index in [1.807, 2.05) is 11.8 Å². The van der Waals surface area contributed by atoms with Crippen LogP contribution in [0.2, 0.25) is 0 Å². The maximum Gasteiger partial charge on any atom is 0.528 e. The number of hydrogen-bond donors (Lipinski definition) is 1. The highest BCUT2D eigenvalue weighted by Gasteiger charge is 2.25. The van der Waals surface area contributed by atoms with Gasteiger partial charge in [-0.2, -0.15) is 4.98 Å². The first kappa shape index (κ1) is 22.3. The standard InChI is InChI=1S/C21H26N4O6/c1-14-5-6-15(18(26)27)13-16(14)29-17-7-8-22-19(23-17)24-9-11-25(12-10-24)31-20(28)30-21(2,3)4/h5-8,13H,9-12H2,1-4H3,(H,26,27). The van der Waals surface area contributed by atoms with Crippen LogP contribution in [0.5, 0.6) is 11.6 Å². The van der Waals surface area contributed by atoms with Crippen LogP contribution in [0.3, 0.4) is 0 Å². The molecule has 1 saturated heterocycles. The van der Waals surface area contributed by atoms with Crippen molar-refractivity contribution in [1.29, 1.82) is 0 Å². The molecule has 1 aromatic heterocycles. The molecule has 0 spiro atoms. The van der Waals surface area contributed by atoms with E-state index in [1.165, 1.54) is 12.1 Å². The van der Waals surface area contributed by atoms with Crippen LogP contribution in [0.15, 0.2) is 30.5 Å². The van der Waals surface area contributed by atoms with Crippen LogP contribution in [0.25, 0.3) is 0 Å². The molecule has 2 heterocycles. The quantitative estimate of drug-likeness (QED) is 0.709. The van der Waals surface area contributed by atoms with Gasteiger partial charge in [-0.15, -0.1) is 5.06 Å². The van der Waals surface area contributed by atoms with Gasteiger partial charge in [-0.05, 0) is 45.4 Å². The van der Waals surface area contributed by atoms with Gasteiger partial charge in [0.1, 0.15) is 11.4 Å². The largest absolute Gasteiger partial charge is 0.528 e. The number of hydroxylamine groups is 2. The van der Waals surface area contributed by atoms with Gasteiger partial charge < -0.3 is 24.3 Å². The number of piperazine rings is 1. The van der Waals surface area contributed by atoms with Crippen molar-refractivity contribution in [2.75, 3.05) is 31.1 Å². The molecule has 0 aliphatic carbocycles. The second-order valence-electron chi connectivity index (χ2n) is 8.05. The van der Waals surface area contributed by atoms with Gasteiger partial charge in [0.2, 0.25) is 11.8 Å². The molecule has 0 radical (unpaired) electrons. The molecule has 0 saturated carbocycles. The summed E-state index contributed by atoms with van der Waals surface area (Å²) < 4.78 is 11.0. The minimum Gasteiger partial charge on any atom is -0.478 e. The highest BCUT2D eigenvalue weighted by atomic mass is 16.8. The number of aromatic nitrogens is 2. The predicted molar refractivity (Wildman–Crippen MR) is 111 cm³/mol. The molecule has 166 valence electrons. The van der Waals surface area contributed by atoms with Crippen molar-refractivity contribution < 1.29 is 29.0 Å². The third-order valence-corrected chi connectivity index (χ3v) is 4.38. The zero-order chi connectivity index (χ0) is 22.6. The van der Waals surface area contributed by atoms with E-state index in [0.29, 0.717) is 43.8 Å². The van der Waals surface area contributed by atoms with E-state index in [1.54, 1.807) is 44.2 Å². The van der Waals surface area contributed by atoms with Crippen molar-refractivity contribution in [2.24, 2.45) is 0 Å². The van der Waals surface area contributed by atoms with Gasteiger partial charge in [-0.25, -0.2) is 14.6 Å². The number of nitrogens with zero attached hydrogens (tertiary/aromatic N) is 4. The lowest BCUT2D eigenvalue weighted by atomic mass is 10.1. The van der Waals surface area contributed by atoms with Gasteiger partial charge in [-0.3, -0.25) is 0 Å².